The number of hydrogen-bond donors (Lipinski definition) is 1. The quantitative estimate of drug-likeness (QED) is 0.751. The van der Waals surface area contributed by atoms with Gasteiger partial charge < -0.3 is 9.72 Å². The van der Waals surface area contributed by atoms with Gasteiger partial charge in [0.25, 0.3) is 6.47 Å². The van der Waals surface area contributed by atoms with Gasteiger partial charge in [-0.05, 0) is 39.0 Å². The molecule has 0 bridgehead atoms. The number of hydrogen-bond acceptors (Lipinski definition) is 3. The van der Waals surface area contributed by atoms with E-state index in [2.05, 4.69) is 14.7 Å². The molecule has 0 spiro atoms. The number of H-pyrrole nitrogens is 1. The highest BCUT2D eigenvalue weighted by molar-refractivity contribution is 5.74. The summed E-state index contributed by atoms with van der Waals surface area (Å²) in [5, 5.41) is 1.16. The summed E-state index contributed by atoms with van der Waals surface area (Å²) >= 11 is 0. The summed E-state index contributed by atoms with van der Waals surface area (Å²) in [4.78, 5) is 16.7. The molecule has 0 aliphatic carbocycles. The molecule has 4 nitrogen and oxygen atoms in total. The van der Waals surface area contributed by atoms with Gasteiger partial charge >= 0.3 is 0 Å². The molecule has 0 unspecified atom stereocenters. The largest absolute Gasteiger partial charge is 0.462 e. The van der Waals surface area contributed by atoms with Gasteiger partial charge in [0.15, 0.2) is 0 Å². The Morgan fingerprint density at radius 1 is 1.38 bits per heavy atom. The lowest BCUT2D eigenvalue weighted by molar-refractivity contribution is -0.138. The zero-order valence-corrected chi connectivity index (χ0v) is 9.73. The summed E-state index contributed by atoms with van der Waals surface area (Å²) in [5.41, 5.74) is 0.638. The molecule has 2 aromatic rings. The third-order valence-electron chi connectivity index (χ3n) is 1.72. The second kappa shape index (κ2) is 5.30. The number of aromatic amines is 1. The standard InChI is InChI=1S/C7H6N2.C5H10O2/c1-2-6-3-5-9-7(6)8-4-1;1-5(2,3)7-4-6/h1-5H,(H,8,9);4H,1-3H3. The summed E-state index contributed by atoms with van der Waals surface area (Å²) in [6, 6.07) is 5.96. The highest BCUT2D eigenvalue weighted by Gasteiger charge is 2.07. The molecule has 0 radical (unpaired) electrons. The minimum Gasteiger partial charge on any atom is -0.462 e. The normalized spacial score (nSPS) is 10.4. The van der Waals surface area contributed by atoms with E-state index in [0.717, 1.165) is 11.0 Å². The summed E-state index contributed by atoms with van der Waals surface area (Å²) in [6.07, 6.45) is 3.66. The van der Waals surface area contributed by atoms with Crippen molar-refractivity contribution in [2.24, 2.45) is 0 Å². The van der Waals surface area contributed by atoms with E-state index in [-0.39, 0.29) is 5.60 Å². The summed E-state index contributed by atoms with van der Waals surface area (Å²) in [5.74, 6) is 0. The number of pyridine rings is 1. The van der Waals surface area contributed by atoms with Gasteiger partial charge in [-0.15, -0.1) is 0 Å². The molecule has 2 aromatic heterocycles. The Morgan fingerprint density at radius 2 is 2.12 bits per heavy atom. The fourth-order valence-electron chi connectivity index (χ4n) is 1.03. The molecule has 86 valence electrons. The molecule has 0 fully saturated rings. The third kappa shape index (κ3) is 4.13. The number of ether oxygens (including phenoxy) is 1. The van der Waals surface area contributed by atoms with Crippen LogP contribution in [0, 0.1) is 0 Å². The molecule has 2 heterocycles. The maximum absolute atomic E-state index is 9.60. The van der Waals surface area contributed by atoms with Gasteiger partial charge in [0.05, 0.1) is 0 Å². The molecule has 0 aliphatic rings. The van der Waals surface area contributed by atoms with E-state index in [0.29, 0.717) is 6.47 Å². The first kappa shape index (κ1) is 12.2. The van der Waals surface area contributed by atoms with E-state index < -0.39 is 0 Å². The van der Waals surface area contributed by atoms with Crippen molar-refractivity contribution in [1.82, 2.24) is 9.97 Å². The van der Waals surface area contributed by atoms with Crippen LogP contribution in [-0.4, -0.2) is 22.0 Å². The number of carbonyl (C=O) groups excluding carboxylic acids is 1. The third-order valence-corrected chi connectivity index (χ3v) is 1.72. The zero-order chi connectivity index (χ0) is 12.0. The van der Waals surface area contributed by atoms with Crippen molar-refractivity contribution in [3.63, 3.8) is 0 Å². The van der Waals surface area contributed by atoms with Crippen LogP contribution in [-0.2, 0) is 9.53 Å². The summed E-state index contributed by atoms with van der Waals surface area (Å²) in [7, 11) is 0. The van der Waals surface area contributed by atoms with Crippen LogP contribution >= 0.6 is 0 Å². The minimum absolute atomic E-state index is 0.318. The van der Waals surface area contributed by atoms with Gasteiger partial charge in [0, 0.05) is 17.8 Å². The van der Waals surface area contributed by atoms with Crippen molar-refractivity contribution in [2.45, 2.75) is 26.4 Å². The molecular formula is C12H16N2O2. The van der Waals surface area contributed by atoms with Crippen molar-refractivity contribution < 1.29 is 9.53 Å². The van der Waals surface area contributed by atoms with Gasteiger partial charge in [-0.2, -0.15) is 0 Å². The highest BCUT2D eigenvalue weighted by atomic mass is 16.5. The van der Waals surface area contributed by atoms with Crippen LogP contribution in [0.3, 0.4) is 0 Å². The fraction of sp³-hybridized carbons (Fsp3) is 0.333. The lowest BCUT2D eigenvalue weighted by atomic mass is 10.2. The molecule has 0 aromatic carbocycles. The maximum Gasteiger partial charge on any atom is 0.293 e. The van der Waals surface area contributed by atoms with E-state index in [1.165, 1.54) is 0 Å². The summed E-state index contributed by atoms with van der Waals surface area (Å²) in [6.45, 7) is 5.92. The van der Waals surface area contributed by atoms with Gasteiger partial charge in [-0.1, -0.05) is 0 Å². The molecule has 2 rings (SSSR count). The molecule has 0 aliphatic heterocycles. The Labute approximate surface area is 94.6 Å². The monoisotopic (exact) mass is 220 g/mol. The van der Waals surface area contributed by atoms with E-state index in [9.17, 15) is 4.79 Å². The predicted molar refractivity (Wildman–Crippen MR) is 63.0 cm³/mol. The van der Waals surface area contributed by atoms with Crippen molar-refractivity contribution in [3.8, 4) is 0 Å². The Morgan fingerprint density at radius 3 is 2.62 bits per heavy atom. The first-order valence-electron chi connectivity index (χ1n) is 5.02. The second-order valence-corrected chi connectivity index (χ2v) is 4.25. The maximum atomic E-state index is 9.60. The molecule has 4 heteroatoms. The molecule has 0 atom stereocenters. The number of fused-ring (bicyclic) bond motifs is 1. The van der Waals surface area contributed by atoms with E-state index in [1.807, 2.05) is 45.2 Å². The Kier molecular flexibility index (Phi) is 4.05. The van der Waals surface area contributed by atoms with E-state index >= 15 is 0 Å². The summed E-state index contributed by atoms with van der Waals surface area (Å²) < 4.78 is 4.55. The van der Waals surface area contributed by atoms with Crippen molar-refractivity contribution in [1.29, 1.82) is 0 Å². The van der Waals surface area contributed by atoms with E-state index in [1.54, 1.807) is 6.20 Å². The second-order valence-electron chi connectivity index (χ2n) is 4.25. The fourth-order valence-corrected chi connectivity index (χ4v) is 1.03. The van der Waals surface area contributed by atoms with Crippen LogP contribution in [0.4, 0.5) is 0 Å². The number of aromatic nitrogens is 2. The number of carbonyl (C=O) groups is 1. The average molecular weight is 220 g/mol. The number of nitrogens with one attached hydrogen (secondary N) is 1. The van der Waals surface area contributed by atoms with Crippen LogP contribution in [0.1, 0.15) is 20.8 Å². The van der Waals surface area contributed by atoms with Crippen LogP contribution in [0.25, 0.3) is 11.0 Å². The molecule has 0 saturated carbocycles. The van der Waals surface area contributed by atoms with Gasteiger partial charge in [0.1, 0.15) is 11.2 Å². The smallest absolute Gasteiger partial charge is 0.293 e. The van der Waals surface area contributed by atoms with Crippen LogP contribution < -0.4 is 0 Å². The van der Waals surface area contributed by atoms with Gasteiger partial charge in [0.2, 0.25) is 0 Å². The first-order valence-corrected chi connectivity index (χ1v) is 5.02. The molecule has 16 heavy (non-hydrogen) atoms. The SMILES string of the molecule is CC(C)(C)OC=O.c1cnc2[nH]ccc2c1. The molecule has 0 saturated heterocycles. The highest BCUT2D eigenvalue weighted by Crippen LogP contribution is 2.05. The Bertz CT molecular complexity index is 413. The number of nitrogens with zero attached hydrogens (tertiary/aromatic N) is 1. The lowest BCUT2D eigenvalue weighted by Crippen LogP contribution is -2.17. The lowest BCUT2D eigenvalue weighted by Gasteiger charge is -2.14. The van der Waals surface area contributed by atoms with Crippen molar-refractivity contribution in [2.75, 3.05) is 0 Å². The molecular weight excluding hydrogens is 204 g/mol. The number of rotatable bonds is 1. The van der Waals surface area contributed by atoms with Crippen LogP contribution in [0.2, 0.25) is 0 Å². The Balaban J connectivity index is 0.000000168. The first-order chi connectivity index (χ1) is 7.53. The van der Waals surface area contributed by atoms with Crippen molar-refractivity contribution >= 4 is 17.5 Å². The van der Waals surface area contributed by atoms with Crippen LogP contribution in [0.15, 0.2) is 30.6 Å². The topological polar surface area (TPSA) is 55.0 Å². The Hall–Kier alpha value is -1.84. The van der Waals surface area contributed by atoms with Crippen molar-refractivity contribution in [3.05, 3.63) is 30.6 Å². The molecule has 0 amide bonds. The van der Waals surface area contributed by atoms with Crippen LogP contribution in [0.5, 0.6) is 0 Å². The van der Waals surface area contributed by atoms with Gasteiger partial charge in [-0.25, -0.2) is 4.98 Å². The average Bonchev–Trinajstić information content (AvgIpc) is 2.64. The van der Waals surface area contributed by atoms with E-state index in [4.69, 9.17) is 0 Å². The predicted octanol–water partition coefficient (Wildman–Crippen LogP) is 2.52. The van der Waals surface area contributed by atoms with Gasteiger partial charge in [-0.3, -0.25) is 4.79 Å². The minimum atomic E-state index is -0.318. The molecule has 1 N–H and O–H groups in total. The zero-order valence-electron chi connectivity index (χ0n) is 9.73.